The molecule has 0 saturated carbocycles. The van der Waals surface area contributed by atoms with Crippen LogP contribution in [-0.4, -0.2) is 25.8 Å². The van der Waals surface area contributed by atoms with Crippen molar-refractivity contribution in [3.05, 3.63) is 90.3 Å². The van der Waals surface area contributed by atoms with Crippen molar-refractivity contribution in [2.45, 2.75) is 99.8 Å². The fourth-order valence-corrected chi connectivity index (χ4v) is 6.21. The molecule has 3 heterocycles. The maximum Gasteiger partial charge on any atom is 0.162 e. The van der Waals surface area contributed by atoms with Gasteiger partial charge in [0.25, 0.3) is 0 Å². The van der Waals surface area contributed by atoms with E-state index in [4.69, 9.17) is 9.40 Å². The minimum Gasteiger partial charge on any atom is -0.512 e. The van der Waals surface area contributed by atoms with Crippen molar-refractivity contribution in [3.63, 3.8) is 0 Å². The zero-order valence-electron chi connectivity index (χ0n) is 30.6. The minimum atomic E-state index is -0.00390. The van der Waals surface area contributed by atoms with E-state index in [9.17, 15) is 9.90 Å². The van der Waals surface area contributed by atoms with Gasteiger partial charge in [0.05, 0.1) is 23.4 Å². The summed E-state index contributed by atoms with van der Waals surface area (Å²) in [6.45, 7) is 19.2. The minimum absolute atomic E-state index is 0. The number of aliphatic hydroxyl groups excluding tert-OH is 1. The number of ketones is 1. The van der Waals surface area contributed by atoms with E-state index < -0.39 is 0 Å². The molecule has 0 fully saturated rings. The molecular weight excluding hydrogens is 787 g/mol. The van der Waals surface area contributed by atoms with Gasteiger partial charge in [0.15, 0.2) is 5.78 Å². The summed E-state index contributed by atoms with van der Waals surface area (Å²) in [5.41, 5.74) is 6.68. The number of hydrogen-bond acceptors (Lipinski definition) is 6. The Morgan fingerprint density at radius 2 is 1.55 bits per heavy atom. The normalized spacial score (nSPS) is 12.0. The number of pyridine rings is 1. The van der Waals surface area contributed by atoms with Crippen LogP contribution in [0.3, 0.4) is 0 Å². The van der Waals surface area contributed by atoms with Gasteiger partial charge in [-0.2, -0.15) is 0 Å². The number of rotatable bonds is 11. The smallest absolute Gasteiger partial charge is 0.162 e. The Kier molecular flexibility index (Phi) is 14.5. The van der Waals surface area contributed by atoms with Crippen LogP contribution in [0.25, 0.3) is 44.4 Å². The number of fused-ring (bicyclic) bond motifs is 2. The molecule has 1 radical (unpaired) electrons. The van der Waals surface area contributed by atoms with Crippen molar-refractivity contribution >= 4 is 27.5 Å². The van der Waals surface area contributed by atoms with E-state index in [2.05, 4.69) is 81.0 Å². The van der Waals surface area contributed by atoms with E-state index in [-0.39, 0.29) is 48.9 Å². The number of carbonyl (C=O) groups is 1. The molecule has 0 amide bonds. The average Bonchev–Trinajstić information content (AvgIpc) is 3.56. The molecule has 2 aromatic carbocycles. The summed E-state index contributed by atoms with van der Waals surface area (Å²) in [4.78, 5) is 25.7. The van der Waals surface area contributed by atoms with Crippen LogP contribution in [0.1, 0.15) is 99.1 Å². The fourth-order valence-electron chi connectivity index (χ4n) is 6.21. The second-order valence-corrected chi connectivity index (χ2v) is 14.1. The van der Waals surface area contributed by atoms with Crippen LogP contribution in [0.15, 0.2) is 77.5 Å². The molecule has 263 valence electrons. The van der Waals surface area contributed by atoms with E-state index in [0.717, 1.165) is 76.7 Å². The molecule has 0 aliphatic heterocycles. The van der Waals surface area contributed by atoms with Gasteiger partial charge >= 0.3 is 0 Å². The number of allylic oxidation sites excluding steroid dienone is 2. The molecule has 49 heavy (non-hydrogen) atoms. The van der Waals surface area contributed by atoms with Crippen molar-refractivity contribution in [2.24, 2.45) is 17.8 Å². The van der Waals surface area contributed by atoms with Gasteiger partial charge in [0, 0.05) is 60.9 Å². The zero-order chi connectivity index (χ0) is 35.0. The third-order valence-electron chi connectivity index (χ3n) is 9.04. The second-order valence-electron chi connectivity index (χ2n) is 14.1. The molecule has 6 nitrogen and oxygen atoms in total. The number of aliphatic hydroxyl groups is 1. The molecule has 0 aliphatic rings. The number of aromatic nitrogens is 3. The van der Waals surface area contributed by atoms with Crippen LogP contribution < -0.4 is 0 Å². The van der Waals surface area contributed by atoms with Crippen LogP contribution >= 0.6 is 0 Å². The molecule has 7 heteroatoms. The molecule has 5 aromatic rings. The topological polar surface area (TPSA) is 89.1 Å². The van der Waals surface area contributed by atoms with Gasteiger partial charge in [0.1, 0.15) is 11.9 Å². The summed E-state index contributed by atoms with van der Waals surface area (Å²) in [7, 11) is 0. The zero-order valence-corrected chi connectivity index (χ0v) is 33.0. The van der Waals surface area contributed by atoms with Crippen molar-refractivity contribution in [3.8, 4) is 22.6 Å². The Morgan fingerprint density at radius 1 is 0.898 bits per heavy atom. The van der Waals surface area contributed by atoms with Crippen LogP contribution in [-0.2, 0) is 36.7 Å². The third kappa shape index (κ3) is 9.73. The first-order valence-corrected chi connectivity index (χ1v) is 17.5. The van der Waals surface area contributed by atoms with Crippen molar-refractivity contribution in [2.75, 3.05) is 0 Å². The molecule has 3 aromatic heterocycles. The Balaban J connectivity index is 0.000000347. The molecule has 0 unspecified atom stereocenters. The summed E-state index contributed by atoms with van der Waals surface area (Å²) in [5.74, 6) is 1.07. The van der Waals surface area contributed by atoms with Crippen LogP contribution in [0.5, 0.6) is 0 Å². The molecule has 5 rings (SSSR count). The Hall–Kier alpha value is -3.67. The van der Waals surface area contributed by atoms with E-state index >= 15 is 0 Å². The van der Waals surface area contributed by atoms with E-state index in [0.29, 0.717) is 5.92 Å². The predicted molar refractivity (Wildman–Crippen MR) is 198 cm³/mol. The first-order valence-electron chi connectivity index (χ1n) is 17.5. The van der Waals surface area contributed by atoms with Crippen molar-refractivity contribution in [1.29, 1.82) is 0 Å². The van der Waals surface area contributed by atoms with Crippen molar-refractivity contribution < 1.29 is 34.4 Å². The maximum atomic E-state index is 11.7. The molecule has 0 atom stereocenters. The van der Waals surface area contributed by atoms with E-state index in [1.165, 1.54) is 17.0 Å². The molecule has 1 N–H and O–H groups in total. The first kappa shape index (κ1) is 39.8. The molecule has 0 saturated heterocycles. The predicted octanol–water partition coefficient (Wildman–Crippen LogP) is 11.3. The second kappa shape index (κ2) is 17.8. The van der Waals surface area contributed by atoms with Crippen LogP contribution in [0.2, 0.25) is 0 Å². The summed E-state index contributed by atoms with van der Waals surface area (Å²) in [5, 5.41) is 13.1. The number of carbonyl (C=O) groups excluding carboxylic acids is 1. The van der Waals surface area contributed by atoms with Gasteiger partial charge < -0.3 is 9.52 Å². The number of benzene rings is 2. The molecule has 0 bridgehead atoms. The Labute approximate surface area is 306 Å². The first-order chi connectivity index (χ1) is 22.9. The van der Waals surface area contributed by atoms with Crippen LogP contribution in [0, 0.1) is 23.8 Å². The van der Waals surface area contributed by atoms with Gasteiger partial charge in [-0.25, -0.2) is 4.98 Å². The average molecular weight is 839 g/mol. The van der Waals surface area contributed by atoms with Gasteiger partial charge in [-0.3, -0.25) is 14.8 Å². The molecule has 0 spiro atoms. The monoisotopic (exact) mass is 839 g/mol. The van der Waals surface area contributed by atoms with E-state index in [1.807, 2.05) is 46.0 Å². The number of hydrogen-bond donors (Lipinski definition) is 1. The van der Waals surface area contributed by atoms with Gasteiger partial charge in [-0.1, -0.05) is 91.5 Å². The SMILES string of the molecule is CC(C)Cc1cnc(-c2cc(-c3[c-]c4ccccc4c(C(C)(C)C)c3)ncn2)c2ccoc12.CCC(CC)C(=O)/C=C(\O)C(CC)CC.[Ir]. The summed E-state index contributed by atoms with van der Waals surface area (Å²) in [6, 6.07) is 18.2. The van der Waals surface area contributed by atoms with Crippen molar-refractivity contribution in [1.82, 2.24) is 15.0 Å². The van der Waals surface area contributed by atoms with Gasteiger partial charge in [-0.15, -0.1) is 29.1 Å². The van der Waals surface area contributed by atoms with Crippen LogP contribution in [0.4, 0.5) is 0 Å². The number of furan rings is 1. The quantitative estimate of drug-likeness (QED) is 0.0810. The fraction of sp³-hybridized carbons (Fsp3) is 0.429. The summed E-state index contributed by atoms with van der Waals surface area (Å²) >= 11 is 0. The van der Waals surface area contributed by atoms with E-state index in [1.54, 1.807) is 12.6 Å². The molecule has 0 aliphatic carbocycles. The Bertz CT molecular complexity index is 1860. The summed E-state index contributed by atoms with van der Waals surface area (Å²) in [6.07, 6.45) is 11.1. The maximum absolute atomic E-state index is 11.7. The van der Waals surface area contributed by atoms with Gasteiger partial charge in [0.2, 0.25) is 0 Å². The van der Waals surface area contributed by atoms with Gasteiger partial charge in [-0.05, 0) is 55.6 Å². The number of nitrogens with zero attached hydrogens (tertiary/aromatic N) is 3. The summed E-state index contributed by atoms with van der Waals surface area (Å²) < 4.78 is 5.84. The molecular formula is C42H52IrN3O3-. The third-order valence-corrected chi connectivity index (χ3v) is 9.04. The largest absolute Gasteiger partial charge is 0.512 e. The standard InChI is InChI=1S/C29H28N3O.C13H24O2.Ir/c1-18(2)12-21-16-30-27(23-10-11-33-28(21)23)26-15-25(31-17-32-26)20-13-19-8-6-7-9-22(19)24(14-20)29(3,4)5;1-5-10(6-2)12(14)9-13(15)11(7-3)8-4;/h6-11,14-18H,12H2,1-5H3;9-11,14H,5-8H2,1-4H3;/q-1;;/b;12-9-;. The Morgan fingerprint density at radius 3 is 2.18 bits per heavy atom.